The Labute approximate surface area is 143 Å². The van der Waals surface area contributed by atoms with E-state index in [1.807, 2.05) is 0 Å². The van der Waals surface area contributed by atoms with Crippen LogP contribution in [0.25, 0.3) is 0 Å². The summed E-state index contributed by atoms with van der Waals surface area (Å²) in [4.78, 5) is 4.80. The van der Waals surface area contributed by atoms with Crippen molar-refractivity contribution in [1.82, 2.24) is 4.72 Å². The number of aliphatic hydroxyl groups is 1. The van der Waals surface area contributed by atoms with Gasteiger partial charge in [-0.2, -0.15) is 0 Å². The summed E-state index contributed by atoms with van der Waals surface area (Å²) in [6.07, 6.45) is 8.65. The molecule has 24 heavy (non-hydrogen) atoms. The summed E-state index contributed by atoms with van der Waals surface area (Å²) >= 11 is 0. The molecule has 1 heterocycles. The van der Waals surface area contributed by atoms with Crippen molar-refractivity contribution in [1.29, 1.82) is 0 Å². The lowest BCUT2D eigenvalue weighted by atomic mass is 9.51. The van der Waals surface area contributed by atoms with Crippen molar-refractivity contribution in [3.05, 3.63) is 0 Å². The SMILES string of the molecule is O=S1(=O)NC(=NC23CC4CC(CC(O)(C4)C2)C3)O[C@H]2CCCC[C@H]21. The molecule has 0 spiro atoms. The van der Waals surface area contributed by atoms with E-state index in [1.54, 1.807) is 0 Å². The molecule has 5 saturated carbocycles. The van der Waals surface area contributed by atoms with E-state index in [9.17, 15) is 13.5 Å². The fourth-order valence-corrected chi connectivity index (χ4v) is 8.04. The zero-order valence-electron chi connectivity index (χ0n) is 13.9. The third-order valence-corrected chi connectivity index (χ3v) is 8.67. The topological polar surface area (TPSA) is 88.0 Å². The van der Waals surface area contributed by atoms with Crippen LogP contribution >= 0.6 is 0 Å². The molecule has 6 rings (SSSR count). The zero-order valence-corrected chi connectivity index (χ0v) is 14.7. The molecule has 7 heteroatoms. The minimum Gasteiger partial charge on any atom is -0.460 e. The highest BCUT2D eigenvalue weighted by Gasteiger charge is 2.58. The van der Waals surface area contributed by atoms with Gasteiger partial charge in [0.1, 0.15) is 11.4 Å². The third-order valence-electron chi connectivity index (χ3n) is 6.87. The molecular weight excluding hydrogens is 328 g/mol. The lowest BCUT2D eigenvalue weighted by Gasteiger charge is -2.58. The predicted molar refractivity (Wildman–Crippen MR) is 89.0 cm³/mol. The molecule has 1 aliphatic heterocycles. The summed E-state index contributed by atoms with van der Waals surface area (Å²) in [7, 11) is -3.40. The molecule has 4 atom stereocenters. The van der Waals surface area contributed by atoms with Gasteiger partial charge >= 0.3 is 0 Å². The van der Waals surface area contributed by atoms with Crippen molar-refractivity contribution in [2.24, 2.45) is 16.8 Å². The highest BCUT2D eigenvalue weighted by Crippen LogP contribution is 2.59. The summed E-state index contributed by atoms with van der Waals surface area (Å²) in [5, 5.41) is 10.4. The van der Waals surface area contributed by atoms with Gasteiger partial charge in [0.25, 0.3) is 6.02 Å². The second kappa shape index (κ2) is 4.87. The molecule has 4 bridgehead atoms. The van der Waals surface area contributed by atoms with Crippen molar-refractivity contribution >= 4 is 16.0 Å². The van der Waals surface area contributed by atoms with Crippen LogP contribution in [0.5, 0.6) is 0 Å². The second-order valence-corrected chi connectivity index (χ2v) is 10.9. The van der Waals surface area contributed by atoms with Gasteiger partial charge in [0.2, 0.25) is 10.0 Å². The quantitative estimate of drug-likeness (QED) is 0.750. The molecule has 6 fully saturated rings. The number of sulfonamides is 1. The Morgan fingerprint density at radius 3 is 2.54 bits per heavy atom. The smallest absolute Gasteiger partial charge is 0.299 e. The number of nitrogens with one attached hydrogen (secondary N) is 1. The molecule has 0 aromatic rings. The minimum absolute atomic E-state index is 0.184. The average molecular weight is 354 g/mol. The molecule has 0 aromatic heterocycles. The first-order valence-corrected chi connectivity index (χ1v) is 10.9. The summed E-state index contributed by atoms with van der Waals surface area (Å²) in [6.45, 7) is 0. The Kier molecular flexibility index (Phi) is 3.14. The van der Waals surface area contributed by atoms with Crippen LogP contribution < -0.4 is 4.72 Å². The summed E-state index contributed by atoms with van der Waals surface area (Å²) in [5.74, 6) is 1.03. The van der Waals surface area contributed by atoms with Crippen molar-refractivity contribution in [2.45, 2.75) is 86.7 Å². The molecule has 0 radical (unpaired) electrons. The third kappa shape index (κ3) is 2.38. The Morgan fingerprint density at radius 1 is 1.12 bits per heavy atom. The minimum atomic E-state index is -3.40. The number of rotatable bonds is 1. The van der Waals surface area contributed by atoms with E-state index in [-0.39, 0.29) is 17.7 Å². The van der Waals surface area contributed by atoms with Gasteiger partial charge in [-0.15, -0.1) is 0 Å². The molecule has 0 amide bonds. The van der Waals surface area contributed by atoms with E-state index in [2.05, 4.69) is 4.72 Å². The van der Waals surface area contributed by atoms with Crippen LogP contribution in [0.4, 0.5) is 0 Å². The zero-order chi connectivity index (χ0) is 16.6. The van der Waals surface area contributed by atoms with Gasteiger partial charge in [-0.05, 0) is 63.2 Å². The number of nitrogens with zero attached hydrogens (tertiary/aromatic N) is 1. The van der Waals surface area contributed by atoms with Gasteiger partial charge in [-0.25, -0.2) is 18.1 Å². The maximum Gasteiger partial charge on any atom is 0.299 e. The lowest BCUT2D eigenvalue weighted by Crippen LogP contribution is -2.60. The van der Waals surface area contributed by atoms with E-state index in [1.165, 1.54) is 6.42 Å². The molecule has 1 saturated heterocycles. The lowest BCUT2D eigenvalue weighted by molar-refractivity contribution is -0.132. The van der Waals surface area contributed by atoms with E-state index >= 15 is 0 Å². The number of hydrogen-bond donors (Lipinski definition) is 2. The highest BCUT2D eigenvalue weighted by molar-refractivity contribution is 7.90. The molecule has 134 valence electrons. The van der Waals surface area contributed by atoms with Crippen LogP contribution in [-0.2, 0) is 14.8 Å². The normalized spacial score (nSPS) is 53.3. The molecular formula is C17H26N2O4S. The Balaban J connectivity index is 1.46. The van der Waals surface area contributed by atoms with E-state index in [0.29, 0.717) is 24.7 Å². The first-order valence-electron chi connectivity index (χ1n) is 9.35. The number of fused-ring (bicyclic) bond motifs is 1. The van der Waals surface area contributed by atoms with Crippen LogP contribution in [0.3, 0.4) is 0 Å². The van der Waals surface area contributed by atoms with Crippen molar-refractivity contribution in [3.8, 4) is 0 Å². The fourth-order valence-electron chi connectivity index (χ4n) is 6.48. The number of ether oxygens (including phenoxy) is 1. The van der Waals surface area contributed by atoms with Gasteiger partial charge < -0.3 is 9.84 Å². The Bertz CT molecular complexity index is 675. The van der Waals surface area contributed by atoms with Gasteiger partial charge in [0, 0.05) is 6.42 Å². The monoisotopic (exact) mass is 354 g/mol. The number of amidine groups is 1. The highest BCUT2D eigenvalue weighted by atomic mass is 32.2. The first kappa shape index (κ1) is 15.4. The first-order chi connectivity index (χ1) is 11.3. The summed E-state index contributed by atoms with van der Waals surface area (Å²) in [5.41, 5.74) is -0.937. The van der Waals surface area contributed by atoms with Gasteiger partial charge in [0.15, 0.2) is 0 Å². The Hall–Kier alpha value is -0.820. The van der Waals surface area contributed by atoms with Crippen molar-refractivity contribution < 1.29 is 18.3 Å². The number of aliphatic imine (C=N–C) groups is 1. The van der Waals surface area contributed by atoms with E-state index < -0.39 is 20.9 Å². The number of hydrogen-bond acceptors (Lipinski definition) is 5. The Morgan fingerprint density at radius 2 is 1.83 bits per heavy atom. The van der Waals surface area contributed by atoms with E-state index in [0.717, 1.165) is 44.9 Å². The van der Waals surface area contributed by atoms with Crippen molar-refractivity contribution in [2.75, 3.05) is 0 Å². The van der Waals surface area contributed by atoms with Crippen LogP contribution in [0.15, 0.2) is 4.99 Å². The maximum atomic E-state index is 12.6. The van der Waals surface area contributed by atoms with Crippen LogP contribution in [-0.4, -0.2) is 42.0 Å². The van der Waals surface area contributed by atoms with Crippen molar-refractivity contribution in [3.63, 3.8) is 0 Å². The largest absolute Gasteiger partial charge is 0.460 e. The van der Waals surface area contributed by atoms with Crippen LogP contribution in [0.1, 0.15) is 64.2 Å². The van der Waals surface area contributed by atoms with E-state index in [4.69, 9.17) is 9.73 Å². The van der Waals surface area contributed by atoms with Gasteiger partial charge in [-0.1, -0.05) is 6.42 Å². The molecule has 2 unspecified atom stereocenters. The summed E-state index contributed by atoms with van der Waals surface area (Å²) in [6, 6.07) is 0.184. The molecule has 2 N–H and O–H groups in total. The average Bonchev–Trinajstić information content (AvgIpc) is 2.43. The molecule has 5 aliphatic carbocycles. The second-order valence-electron chi connectivity index (χ2n) is 8.95. The molecule has 6 aliphatic rings. The molecule has 6 nitrogen and oxygen atoms in total. The standard InChI is InChI=1S/C17H26N2O4S/c20-17-8-11-5-12(9-17)7-16(6-11,10-17)18-15-19-24(21,22)14-4-2-1-3-13(14)23-15/h11-14,20H,1-10H2,(H,18,19)/t11?,12?,13-,14+,16?,17?/m0/s1. The van der Waals surface area contributed by atoms with Gasteiger partial charge in [0.05, 0.1) is 11.1 Å². The fraction of sp³-hybridized carbons (Fsp3) is 0.941. The maximum absolute atomic E-state index is 12.6. The summed E-state index contributed by atoms with van der Waals surface area (Å²) < 4.78 is 33.7. The van der Waals surface area contributed by atoms with Crippen LogP contribution in [0, 0.1) is 11.8 Å². The van der Waals surface area contributed by atoms with Gasteiger partial charge in [-0.3, -0.25) is 0 Å². The predicted octanol–water partition coefficient (Wildman–Crippen LogP) is 1.69. The molecule has 0 aromatic carbocycles. The van der Waals surface area contributed by atoms with Crippen LogP contribution in [0.2, 0.25) is 0 Å².